The van der Waals surface area contributed by atoms with Gasteiger partial charge in [0, 0.05) is 17.6 Å². The van der Waals surface area contributed by atoms with E-state index >= 15 is 0 Å². The molecule has 0 spiro atoms. The van der Waals surface area contributed by atoms with Gasteiger partial charge < -0.3 is 15.0 Å². The predicted octanol–water partition coefficient (Wildman–Crippen LogP) is 3.45. The third kappa shape index (κ3) is 7.63. The van der Waals surface area contributed by atoms with E-state index in [-0.39, 0.29) is 18.5 Å². The molecule has 0 heterocycles. The fourth-order valence-electron chi connectivity index (χ4n) is 3.45. The average Bonchev–Trinajstić information content (AvgIpc) is 2.77. The van der Waals surface area contributed by atoms with Crippen molar-refractivity contribution in [1.82, 2.24) is 10.2 Å². The minimum atomic E-state index is -3.79. The van der Waals surface area contributed by atoms with Crippen LogP contribution in [0.1, 0.15) is 32.8 Å². The van der Waals surface area contributed by atoms with Gasteiger partial charge in [0.1, 0.15) is 18.3 Å². The molecule has 1 atom stereocenters. The van der Waals surface area contributed by atoms with Crippen LogP contribution in [0.4, 0.5) is 5.69 Å². The molecule has 186 valence electrons. The molecule has 8 nitrogen and oxygen atoms in total. The van der Waals surface area contributed by atoms with Crippen molar-refractivity contribution in [2.75, 3.05) is 24.2 Å². The number of benzene rings is 2. The maximum atomic E-state index is 13.5. The van der Waals surface area contributed by atoms with E-state index in [1.165, 1.54) is 12.0 Å². The number of methoxy groups -OCH3 is 1. The molecule has 2 amide bonds. The summed E-state index contributed by atoms with van der Waals surface area (Å²) in [5.74, 6) is -0.235. The first kappa shape index (κ1) is 27.5. The molecule has 34 heavy (non-hydrogen) atoms. The topological polar surface area (TPSA) is 96.0 Å². The monoisotopic (exact) mass is 509 g/mol. The molecule has 0 saturated heterocycles. The smallest absolute Gasteiger partial charge is 0.244 e. The Morgan fingerprint density at radius 3 is 2.12 bits per heavy atom. The van der Waals surface area contributed by atoms with Gasteiger partial charge in [-0.2, -0.15) is 0 Å². The summed E-state index contributed by atoms with van der Waals surface area (Å²) in [4.78, 5) is 27.9. The molecule has 2 rings (SSSR count). The van der Waals surface area contributed by atoms with Gasteiger partial charge in [0.25, 0.3) is 0 Å². The lowest BCUT2D eigenvalue weighted by Crippen LogP contribution is -2.53. The van der Waals surface area contributed by atoms with Crippen LogP contribution in [0.2, 0.25) is 5.02 Å². The Hall–Kier alpha value is -2.78. The number of hydrogen-bond donors (Lipinski definition) is 1. The Labute approximate surface area is 206 Å². The second kappa shape index (κ2) is 12.1. The molecular formula is C24H32ClN3O5S. The first-order valence-electron chi connectivity index (χ1n) is 10.9. The highest BCUT2D eigenvalue weighted by Gasteiger charge is 2.32. The molecule has 0 saturated carbocycles. The summed E-state index contributed by atoms with van der Waals surface area (Å²) in [5, 5.41) is 3.40. The molecule has 0 fully saturated rings. The minimum absolute atomic E-state index is 0.110. The molecule has 1 unspecified atom stereocenters. The SMILES string of the molecule is CCC(C(=O)NC(C)C)N(Cc1ccc(Cl)cc1)C(=O)CN(c1ccc(OC)cc1)S(C)(=O)=O. The maximum Gasteiger partial charge on any atom is 0.244 e. The van der Waals surface area contributed by atoms with Crippen molar-refractivity contribution in [3.05, 3.63) is 59.1 Å². The van der Waals surface area contributed by atoms with Gasteiger partial charge in [-0.25, -0.2) is 8.42 Å². The van der Waals surface area contributed by atoms with Crippen LogP contribution < -0.4 is 14.4 Å². The number of nitrogens with one attached hydrogen (secondary N) is 1. The second-order valence-electron chi connectivity index (χ2n) is 8.20. The zero-order valence-electron chi connectivity index (χ0n) is 20.1. The fourth-order valence-corrected chi connectivity index (χ4v) is 4.42. The van der Waals surface area contributed by atoms with Crippen molar-refractivity contribution in [3.63, 3.8) is 0 Å². The number of carbonyl (C=O) groups is 2. The first-order valence-corrected chi connectivity index (χ1v) is 13.1. The van der Waals surface area contributed by atoms with E-state index in [1.54, 1.807) is 48.5 Å². The standard InChI is InChI=1S/C24H32ClN3O5S/c1-6-22(24(30)26-17(2)3)27(15-18-7-9-19(25)10-8-18)23(29)16-28(34(5,31)32)20-11-13-21(33-4)14-12-20/h7-14,17,22H,6,15-16H2,1-5H3,(H,26,30). The van der Waals surface area contributed by atoms with Gasteiger partial charge in [-0.15, -0.1) is 0 Å². The summed E-state index contributed by atoms with van der Waals surface area (Å²) in [6.45, 7) is 5.16. The van der Waals surface area contributed by atoms with Crippen LogP contribution in [-0.4, -0.2) is 57.1 Å². The number of rotatable bonds is 11. The molecule has 0 radical (unpaired) electrons. The fraction of sp³-hybridized carbons (Fsp3) is 0.417. The Balaban J connectivity index is 2.42. The van der Waals surface area contributed by atoms with Gasteiger partial charge in [0.05, 0.1) is 19.1 Å². The van der Waals surface area contributed by atoms with E-state index in [1.807, 2.05) is 20.8 Å². The number of hydrogen-bond acceptors (Lipinski definition) is 5. The highest BCUT2D eigenvalue weighted by Crippen LogP contribution is 2.23. The van der Waals surface area contributed by atoms with Crippen LogP contribution in [0, 0.1) is 0 Å². The third-order valence-electron chi connectivity index (χ3n) is 5.12. The highest BCUT2D eigenvalue weighted by molar-refractivity contribution is 7.92. The van der Waals surface area contributed by atoms with Gasteiger partial charge in [-0.3, -0.25) is 13.9 Å². The quantitative estimate of drug-likeness (QED) is 0.500. The molecule has 0 aliphatic heterocycles. The van der Waals surface area contributed by atoms with Crippen molar-refractivity contribution < 1.29 is 22.7 Å². The van der Waals surface area contributed by atoms with Crippen LogP contribution in [0.5, 0.6) is 5.75 Å². The highest BCUT2D eigenvalue weighted by atomic mass is 35.5. The molecule has 2 aromatic rings. The Morgan fingerprint density at radius 1 is 1.06 bits per heavy atom. The van der Waals surface area contributed by atoms with Crippen molar-refractivity contribution in [3.8, 4) is 5.75 Å². The molecule has 1 N–H and O–H groups in total. The lowest BCUT2D eigenvalue weighted by atomic mass is 10.1. The summed E-state index contributed by atoms with van der Waals surface area (Å²) in [5.41, 5.74) is 1.09. The van der Waals surface area contributed by atoms with E-state index < -0.39 is 28.5 Å². The summed E-state index contributed by atoms with van der Waals surface area (Å²) in [7, 11) is -2.28. The molecule has 10 heteroatoms. The lowest BCUT2D eigenvalue weighted by Gasteiger charge is -2.33. The first-order chi connectivity index (χ1) is 16.0. The van der Waals surface area contributed by atoms with Crippen LogP contribution in [-0.2, 0) is 26.2 Å². The zero-order valence-corrected chi connectivity index (χ0v) is 21.7. The average molecular weight is 510 g/mol. The van der Waals surface area contributed by atoms with Crippen molar-refractivity contribution in [2.45, 2.75) is 45.8 Å². The maximum absolute atomic E-state index is 13.5. The number of carbonyl (C=O) groups excluding carboxylic acids is 2. The number of nitrogens with zero attached hydrogens (tertiary/aromatic N) is 2. The van der Waals surface area contributed by atoms with Crippen LogP contribution >= 0.6 is 11.6 Å². The summed E-state index contributed by atoms with van der Waals surface area (Å²) >= 11 is 5.99. The molecule has 0 aliphatic rings. The van der Waals surface area contributed by atoms with Crippen molar-refractivity contribution in [2.24, 2.45) is 0 Å². The summed E-state index contributed by atoms with van der Waals surface area (Å²) < 4.78 is 31.3. The Bertz CT molecular complexity index is 1070. The number of halogens is 1. The molecule has 0 aliphatic carbocycles. The minimum Gasteiger partial charge on any atom is -0.497 e. The normalized spacial score (nSPS) is 12.2. The largest absolute Gasteiger partial charge is 0.497 e. The van der Waals surface area contributed by atoms with Gasteiger partial charge >= 0.3 is 0 Å². The van der Waals surface area contributed by atoms with Crippen LogP contribution in [0.25, 0.3) is 0 Å². The van der Waals surface area contributed by atoms with Crippen molar-refractivity contribution in [1.29, 1.82) is 0 Å². The zero-order chi connectivity index (χ0) is 25.5. The van der Waals surface area contributed by atoms with Gasteiger partial charge in [0.15, 0.2) is 0 Å². The van der Waals surface area contributed by atoms with E-state index in [2.05, 4.69) is 5.32 Å². The summed E-state index contributed by atoms with van der Waals surface area (Å²) in [6.07, 6.45) is 1.40. The van der Waals surface area contributed by atoms with Crippen molar-refractivity contribution >= 4 is 39.1 Å². The van der Waals surface area contributed by atoms with Gasteiger partial charge in [-0.05, 0) is 62.2 Å². The van der Waals surface area contributed by atoms with Gasteiger partial charge in [-0.1, -0.05) is 30.7 Å². The molecule has 0 aromatic heterocycles. The second-order valence-corrected chi connectivity index (χ2v) is 10.5. The van der Waals surface area contributed by atoms with E-state index in [4.69, 9.17) is 16.3 Å². The Morgan fingerprint density at radius 2 is 1.65 bits per heavy atom. The molecular weight excluding hydrogens is 478 g/mol. The van der Waals surface area contributed by atoms with E-state index in [0.29, 0.717) is 22.9 Å². The van der Waals surface area contributed by atoms with Crippen LogP contribution in [0.15, 0.2) is 48.5 Å². The van der Waals surface area contributed by atoms with E-state index in [0.717, 1.165) is 16.1 Å². The summed E-state index contributed by atoms with van der Waals surface area (Å²) in [6, 6.07) is 12.4. The lowest BCUT2D eigenvalue weighted by molar-refractivity contribution is -0.140. The van der Waals surface area contributed by atoms with E-state index in [9.17, 15) is 18.0 Å². The van der Waals surface area contributed by atoms with Gasteiger partial charge in [0.2, 0.25) is 21.8 Å². The third-order valence-corrected chi connectivity index (χ3v) is 6.52. The van der Waals surface area contributed by atoms with Crippen LogP contribution in [0.3, 0.4) is 0 Å². The molecule has 0 bridgehead atoms. The number of ether oxygens (including phenoxy) is 1. The number of anilines is 1. The number of sulfonamides is 1. The Kier molecular flexibility index (Phi) is 9.76. The predicted molar refractivity (Wildman–Crippen MR) is 135 cm³/mol. The molecule has 2 aromatic carbocycles. The number of amides is 2.